The van der Waals surface area contributed by atoms with Crippen molar-refractivity contribution in [2.75, 3.05) is 11.5 Å². The number of fused-ring (bicyclic) bond motifs is 2. The van der Waals surface area contributed by atoms with Crippen LogP contribution in [0.1, 0.15) is 53.7 Å². The van der Waals surface area contributed by atoms with Crippen LogP contribution in [0.4, 0.5) is 11.6 Å². The number of imidazole rings is 2. The first-order valence-corrected chi connectivity index (χ1v) is 14.6. The number of hydrogen-bond acceptors (Lipinski definition) is 14. The van der Waals surface area contributed by atoms with Crippen molar-refractivity contribution in [2.24, 2.45) is 0 Å². The Morgan fingerprint density at radius 3 is 1.63 bits per heavy atom. The Hall–Kier alpha value is -5.62. The number of rotatable bonds is 8. The molecule has 46 heavy (non-hydrogen) atoms. The maximum atomic E-state index is 12.2. The van der Waals surface area contributed by atoms with E-state index in [1.807, 2.05) is 0 Å². The summed E-state index contributed by atoms with van der Waals surface area (Å²) in [6.07, 6.45) is 10.2. The minimum Gasteiger partial charge on any atom is -0.390 e. The number of nitrogens with two attached hydrogens (primary N) is 2. The van der Waals surface area contributed by atoms with Crippen LogP contribution in [0.3, 0.4) is 0 Å². The number of nitrogen functional groups attached to an aromatic ring is 2. The average molecular weight is 628 g/mol. The molecule has 0 saturated heterocycles. The summed E-state index contributed by atoms with van der Waals surface area (Å²) in [5.74, 6) is 1.49. The molecular weight excluding hydrogens is 594 g/mol. The zero-order valence-electron chi connectivity index (χ0n) is 25.2. The molecule has 0 atom stereocenters. The molecule has 1 aliphatic carbocycles. The topological polar surface area (TPSA) is 263 Å². The molecule has 0 spiro atoms. The van der Waals surface area contributed by atoms with E-state index < -0.39 is 0 Å². The number of aryl methyl sites for hydroxylation is 2. The van der Waals surface area contributed by atoms with Gasteiger partial charge in [0.15, 0.2) is 22.9 Å². The highest BCUT2D eigenvalue weighted by Crippen LogP contribution is 2.18. The molecule has 1 saturated carbocycles. The van der Waals surface area contributed by atoms with Gasteiger partial charge in [0.25, 0.3) is 0 Å². The fourth-order valence-corrected chi connectivity index (χ4v) is 4.91. The van der Waals surface area contributed by atoms with Gasteiger partial charge in [-0.3, -0.25) is 29.1 Å². The van der Waals surface area contributed by atoms with Crippen molar-refractivity contribution in [3.05, 3.63) is 80.2 Å². The van der Waals surface area contributed by atoms with Crippen LogP contribution in [0.2, 0.25) is 0 Å². The molecule has 1 aliphatic rings. The van der Waals surface area contributed by atoms with Gasteiger partial charge in [0.2, 0.25) is 0 Å². The van der Waals surface area contributed by atoms with Crippen LogP contribution in [0.15, 0.2) is 34.4 Å². The van der Waals surface area contributed by atoms with Crippen molar-refractivity contribution in [1.82, 2.24) is 64.3 Å². The largest absolute Gasteiger partial charge is 0.390 e. The van der Waals surface area contributed by atoms with Crippen molar-refractivity contribution in [3.63, 3.8) is 0 Å². The molecule has 6 heterocycles. The molecule has 18 nitrogen and oxygen atoms in total. The number of nitrogens with zero attached hydrogens (tertiary/aromatic N) is 10. The summed E-state index contributed by atoms with van der Waals surface area (Å²) in [6, 6.07) is 0.611. The Balaban J connectivity index is 0.000000164. The molecule has 0 amide bonds. The molecule has 8 N–H and O–H groups in total. The Kier molecular flexibility index (Phi) is 8.45. The molecule has 18 heteroatoms. The first-order chi connectivity index (χ1) is 22.2. The molecule has 0 aromatic carbocycles. The van der Waals surface area contributed by atoms with Crippen molar-refractivity contribution in [1.29, 1.82) is 0 Å². The van der Waals surface area contributed by atoms with Crippen LogP contribution in [0.5, 0.6) is 0 Å². The number of H-pyrrole nitrogens is 2. The summed E-state index contributed by atoms with van der Waals surface area (Å²) in [5, 5.41) is 12.4. The van der Waals surface area contributed by atoms with E-state index >= 15 is 0 Å². The molecule has 0 unspecified atom stereocenters. The lowest BCUT2D eigenvalue weighted by Gasteiger charge is -2.26. The molecule has 0 radical (unpaired) electrons. The van der Waals surface area contributed by atoms with Crippen molar-refractivity contribution >= 4 is 34.0 Å². The number of aliphatic hydroxyl groups is 1. The molecule has 1 fully saturated rings. The lowest BCUT2D eigenvalue weighted by molar-refractivity contribution is 0.276. The highest BCUT2D eigenvalue weighted by Gasteiger charge is 2.17. The van der Waals surface area contributed by atoms with E-state index in [4.69, 9.17) is 16.6 Å². The summed E-state index contributed by atoms with van der Waals surface area (Å²) in [4.78, 5) is 63.2. The van der Waals surface area contributed by atoms with Gasteiger partial charge in [-0.05, 0) is 26.7 Å². The zero-order chi connectivity index (χ0) is 32.4. The Bertz CT molecular complexity index is 2110. The lowest BCUT2D eigenvalue weighted by atomic mass is 9.93. The SMILES string of the molecule is Cc1nc(N)c2[nH]c(=O)n(Cc3cnc(CNC4CCC4)cn3)c2n1.Cc1nc(N)c2[nH]c(=O)n(Cc3cnc(CO)cn3)c2n1. The number of aromatic amines is 2. The third-order valence-electron chi connectivity index (χ3n) is 7.52. The van der Waals surface area contributed by atoms with Crippen molar-refractivity contribution in [3.8, 4) is 0 Å². The second kappa shape index (κ2) is 12.8. The third kappa shape index (κ3) is 6.42. The first-order valence-electron chi connectivity index (χ1n) is 14.6. The molecule has 7 rings (SSSR count). The van der Waals surface area contributed by atoms with Crippen LogP contribution in [-0.2, 0) is 26.2 Å². The van der Waals surface area contributed by atoms with E-state index in [0.717, 1.165) is 5.69 Å². The van der Waals surface area contributed by atoms with E-state index in [0.29, 0.717) is 63.6 Å². The Morgan fingerprint density at radius 1 is 0.761 bits per heavy atom. The summed E-state index contributed by atoms with van der Waals surface area (Å²) < 4.78 is 2.92. The number of nitrogens with one attached hydrogen (secondary N) is 3. The summed E-state index contributed by atoms with van der Waals surface area (Å²) in [7, 11) is 0. The van der Waals surface area contributed by atoms with Gasteiger partial charge >= 0.3 is 11.4 Å². The zero-order valence-corrected chi connectivity index (χ0v) is 25.2. The fourth-order valence-electron chi connectivity index (χ4n) is 4.91. The number of aromatic nitrogens is 12. The van der Waals surface area contributed by atoms with Crippen molar-refractivity contribution in [2.45, 2.75) is 65.4 Å². The summed E-state index contributed by atoms with van der Waals surface area (Å²) >= 11 is 0. The predicted octanol–water partition coefficient (Wildman–Crippen LogP) is -0.169. The molecule has 6 aromatic heterocycles. The second-order valence-electron chi connectivity index (χ2n) is 10.9. The van der Waals surface area contributed by atoms with E-state index in [2.05, 4.69) is 55.2 Å². The Labute approximate surface area is 260 Å². The summed E-state index contributed by atoms with van der Waals surface area (Å²) in [5.41, 5.74) is 15.4. The monoisotopic (exact) mass is 627 g/mol. The van der Waals surface area contributed by atoms with Gasteiger partial charge in [-0.2, -0.15) is 0 Å². The fraction of sp³-hybridized carbons (Fsp3) is 0.357. The molecule has 6 aromatic rings. The van der Waals surface area contributed by atoms with Gasteiger partial charge in [-0.25, -0.2) is 29.5 Å². The van der Waals surface area contributed by atoms with E-state index in [1.165, 1.54) is 40.8 Å². The second-order valence-corrected chi connectivity index (χ2v) is 10.9. The van der Waals surface area contributed by atoms with Crippen LogP contribution in [-0.4, -0.2) is 70.1 Å². The number of anilines is 2. The molecule has 238 valence electrons. The highest BCUT2D eigenvalue weighted by molar-refractivity contribution is 5.82. The molecule has 0 aliphatic heterocycles. The smallest absolute Gasteiger partial charge is 0.328 e. The van der Waals surface area contributed by atoms with Crippen LogP contribution in [0, 0.1) is 13.8 Å². The minimum atomic E-state index is -0.343. The van der Waals surface area contributed by atoms with Gasteiger partial charge in [-0.15, -0.1) is 0 Å². The molecule has 0 bridgehead atoms. The maximum absolute atomic E-state index is 12.2. The number of aliphatic hydroxyl groups excluding tert-OH is 1. The van der Waals surface area contributed by atoms with Gasteiger partial charge in [0, 0.05) is 12.6 Å². The Morgan fingerprint density at radius 2 is 1.22 bits per heavy atom. The quantitative estimate of drug-likeness (QED) is 0.128. The van der Waals surface area contributed by atoms with Crippen molar-refractivity contribution < 1.29 is 5.11 Å². The van der Waals surface area contributed by atoms with Gasteiger partial charge in [0.05, 0.1) is 67.3 Å². The third-order valence-corrected chi connectivity index (χ3v) is 7.52. The van der Waals surface area contributed by atoms with Gasteiger partial charge in [-0.1, -0.05) is 6.42 Å². The lowest BCUT2D eigenvalue weighted by Crippen LogP contribution is -2.34. The van der Waals surface area contributed by atoms with Gasteiger partial charge < -0.3 is 31.9 Å². The van der Waals surface area contributed by atoms with Gasteiger partial charge in [0.1, 0.15) is 22.7 Å². The maximum Gasteiger partial charge on any atom is 0.328 e. The molecular formula is C28H33N15O3. The van der Waals surface area contributed by atoms with Crippen LogP contribution >= 0.6 is 0 Å². The van der Waals surface area contributed by atoms with E-state index in [9.17, 15) is 9.59 Å². The average Bonchev–Trinajstić information content (AvgIpc) is 3.49. The van der Waals surface area contributed by atoms with Crippen LogP contribution in [0.25, 0.3) is 22.3 Å². The summed E-state index contributed by atoms with van der Waals surface area (Å²) in [6.45, 7) is 4.46. The highest BCUT2D eigenvalue weighted by atomic mass is 16.3. The first kappa shape index (κ1) is 30.4. The predicted molar refractivity (Wildman–Crippen MR) is 167 cm³/mol. The normalized spacial score (nSPS) is 13.1. The van der Waals surface area contributed by atoms with Crippen LogP contribution < -0.4 is 28.2 Å². The van der Waals surface area contributed by atoms with E-state index in [1.54, 1.807) is 26.2 Å². The number of hydrogen-bond donors (Lipinski definition) is 6. The van der Waals surface area contributed by atoms with E-state index in [-0.39, 0.29) is 42.7 Å². The minimum absolute atomic E-state index is 0.177. The standard InChI is InChI=1S/C16H20N8O.C12H13N7O2/c1-9-21-14(17)13-15(22-9)24(16(25)23-13)8-12-7-19-11(6-20-12)5-18-10-3-2-4-10;1-6-16-10(13)9-11(17-6)19(12(21)18-9)4-7-2-15-8(5-20)3-14-7/h6-7,10,18H,2-5,8H2,1H3,(H,23,25)(H2,17,21,22);2-3,20H,4-5H2,1H3,(H,18,21)(H2,13,16,17).